The van der Waals surface area contributed by atoms with Crippen molar-refractivity contribution in [2.24, 2.45) is 0 Å². The molecule has 1 atom stereocenters. The molecule has 2 aromatic carbocycles. The zero-order chi connectivity index (χ0) is 27.1. The number of carbonyl (C=O) groups is 2. The van der Waals surface area contributed by atoms with Crippen molar-refractivity contribution in [3.63, 3.8) is 0 Å². The lowest BCUT2D eigenvalue weighted by molar-refractivity contribution is -0.139. The van der Waals surface area contributed by atoms with Gasteiger partial charge in [0, 0.05) is 35.7 Å². The van der Waals surface area contributed by atoms with Gasteiger partial charge in [0.05, 0.1) is 17.1 Å². The zero-order valence-electron chi connectivity index (χ0n) is 19.9. The lowest BCUT2D eigenvalue weighted by Gasteiger charge is -2.22. The van der Waals surface area contributed by atoms with Gasteiger partial charge in [-0.25, -0.2) is 13.2 Å². The number of carboxylic acids is 1. The number of nitrogens with one attached hydrogen (secondary N) is 1. The van der Waals surface area contributed by atoms with Gasteiger partial charge in [0.2, 0.25) is 10.0 Å². The second-order valence-corrected chi connectivity index (χ2v) is 10.6. The summed E-state index contributed by atoms with van der Waals surface area (Å²) in [5.41, 5.74) is 1.80. The first-order chi connectivity index (χ1) is 18.2. The van der Waals surface area contributed by atoms with Crippen LogP contribution in [0.2, 0.25) is 5.02 Å². The monoisotopic (exact) mass is 550 g/mol. The lowest BCUT2D eigenvalue weighted by Crippen LogP contribution is -2.33. The molecule has 0 radical (unpaired) electrons. The molecular formula is C27H23ClN4O5S. The summed E-state index contributed by atoms with van der Waals surface area (Å²) in [7, 11) is -3.91. The highest BCUT2D eigenvalue weighted by Gasteiger charge is 2.26. The Hall–Kier alpha value is -4.12. The number of nitrogens with zero attached hydrogens (tertiary/aromatic N) is 3. The van der Waals surface area contributed by atoms with E-state index in [4.69, 9.17) is 11.6 Å². The quantitative estimate of drug-likeness (QED) is 0.304. The Morgan fingerprint density at radius 1 is 0.895 bits per heavy atom. The van der Waals surface area contributed by atoms with Crippen molar-refractivity contribution in [1.29, 1.82) is 0 Å². The van der Waals surface area contributed by atoms with E-state index in [9.17, 15) is 23.1 Å². The van der Waals surface area contributed by atoms with Gasteiger partial charge in [-0.05, 0) is 71.8 Å². The van der Waals surface area contributed by atoms with Crippen LogP contribution in [0.15, 0.2) is 102 Å². The molecule has 0 fully saturated rings. The van der Waals surface area contributed by atoms with E-state index in [1.54, 1.807) is 36.5 Å². The van der Waals surface area contributed by atoms with E-state index < -0.39 is 27.9 Å². The first-order valence-electron chi connectivity index (χ1n) is 11.4. The van der Waals surface area contributed by atoms with Gasteiger partial charge in [-0.15, -0.1) is 0 Å². The number of hydrogen-bond acceptors (Lipinski definition) is 6. The van der Waals surface area contributed by atoms with Gasteiger partial charge in [-0.3, -0.25) is 14.8 Å². The average Bonchev–Trinajstić information content (AvgIpc) is 2.93. The maximum Gasteiger partial charge on any atom is 0.330 e. The standard InChI is InChI=1S/C27H23ClN4O5S/c28-22-8-10-24(11-9-22)38(36,37)32(18-23-3-1-2-14-30-23)17-19-4-6-21(7-5-19)26(33)31-25(27(34)35)20-12-15-29-16-13-20/h1-16,25H,17-18H2,(H,31,33)(H,34,35). The Balaban J connectivity index is 1.55. The molecule has 194 valence electrons. The summed E-state index contributed by atoms with van der Waals surface area (Å²) in [6, 6.07) is 19.2. The van der Waals surface area contributed by atoms with Gasteiger partial charge in [0.1, 0.15) is 0 Å². The van der Waals surface area contributed by atoms with Crippen LogP contribution in [-0.2, 0) is 27.9 Å². The molecule has 1 amide bonds. The molecule has 0 saturated carbocycles. The van der Waals surface area contributed by atoms with E-state index in [0.29, 0.717) is 21.8 Å². The highest BCUT2D eigenvalue weighted by Crippen LogP contribution is 2.23. The molecule has 11 heteroatoms. The minimum absolute atomic E-state index is 0.0121. The molecule has 4 aromatic rings. The number of rotatable bonds is 10. The number of halogens is 1. The lowest BCUT2D eigenvalue weighted by atomic mass is 10.1. The summed E-state index contributed by atoms with van der Waals surface area (Å²) in [4.78, 5) is 32.7. The van der Waals surface area contributed by atoms with Crippen molar-refractivity contribution >= 4 is 33.5 Å². The summed E-state index contributed by atoms with van der Waals surface area (Å²) in [6.45, 7) is 0.0401. The molecule has 0 aliphatic heterocycles. The van der Waals surface area contributed by atoms with Crippen molar-refractivity contribution in [1.82, 2.24) is 19.6 Å². The number of benzene rings is 2. The number of carbonyl (C=O) groups excluding carboxylic acids is 1. The van der Waals surface area contributed by atoms with Gasteiger partial charge in [0.25, 0.3) is 5.91 Å². The topological polar surface area (TPSA) is 130 Å². The molecule has 0 bridgehead atoms. The Labute approximate surface area is 224 Å². The van der Waals surface area contributed by atoms with Crippen molar-refractivity contribution in [3.05, 3.63) is 125 Å². The maximum absolute atomic E-state index is 13.5. The van der Waals surface area contributed by atoms with Gasteiger partial charge < -0.3 is 10.4 Å². The fourth-order valence-corrected chi connectivity index (χ4v) is 5.20. The fraction of sp³-hybridized carbons (Fsp3) is 0.111. The first kappa shape index (κ1) is 26.9. The number of carboxylic acid groups (broad SMARTS) is 1. The first-order valence-corrected chi connectivity index (χ1v) is 13.2. The largest absolute Gasteiger partial charge is 0.479 e. The van der Waals surface area contributed by atoms with E-state index >= 15 is 0 Å². The third-order valence-electron chi connectivity index (χ3n) is 5.65. The van der Waals surface area contributed by atoms with E-state index in [1.807, 2.05) is 0 Å². The fourth-order valence-electron chi connectivity index (χ4n) is 3.68. The Kier molecular flexibility index (Phi) is 8.47. The molecule has 38 heavy (non-hydrogen) atoms. The molecule has 2 heterocycles. The van der Waals surface area contributed by atoms with Crippen LogP contribution in [-0.4, -0.2) is 39.7 Å². The van der Waals surface area contributed by atoms with Crippen LogP contribution >= 0.6 is 11.6 Å². The summed E-state index contributed by atoms with van der Waals surface area (Å²) >= 11 is 5.94. The van der Waals surface area contributed by atoms with Crippen LogP contribution in [0.4, 0.5) is 0 Å². The molecule has 9 nitrogen and oxygen atoms in total. The maximum atomic E-state index is 13.5. The van der Waals surface area contributed by atoms with E-state index in [-0.39, 0.29) is 23.5 Å². The van der Waals surface area contributed by atoms with Crippen molar-refractivity contribution < 1.29 is 23.1 Å². The predicted molar refractivity (Wildman–Crippen MR) is 141 cm³/mol. The number of amides is 1. The highest BCUT2D eigenvalue weighted by molar-refractivity contribution is 7.89. The van der Waals surface area contributed by atoms with Crippen molar-refractivity contribution in [3.8, 4) is 0 Å². The normalized spacial score (nSPS) is 12.2. The second kappa shape index (κ2) is 12.0. The van der Waals surface area contributed by atoms with Crippen LogP contribution in [0, 0.1) is 0 Å². The van der Waals surface area contributed by atoms with Crippen LogP contribution in [0.3, 0.4) is 0 Å². The SMILES string of the molecule is O=C(NC(C(=O)O)c1ccncc1)c1ccc(CN(Cc2ccccn2)S(=O)(=O)c2ccc(Cl)cc2)cc1. The highest BCUT2D eigenvalue weighted by atomic mass is 35.5. The molecule has 0 aliphatic carbocycles. The van der Waals surface area contributed by atoms with Crippen LogP contribution < -0.4 is 5.32 Å². The Morgan fingerprint density at radius 2 is 1.58 bits per heavy atom. The summed E-state index contributed by atoms with van der Waals surface area (Å²) in [6.07, 6.45) is 4.48. The molecule has 0 saturated heterocycles. The van der Waals surface area contributed by atoms with Gasteiger partial charge >= 0.3 is 5.97 Å². The summed E-state index contributed by atoms with van der Waals surface area (Å²) < 4.78 is 28.2. The van der Waals surface area contributed by atoms with E-state index in [1.165, 1.54) is 65.2 Å². The molecule has 2 aromatic heterocycles. The number of aliphatic carboxylic acids is 1. The summed E-state index contributed by atoms with van der Waals surface area (Å²) in [5.74, 6) is -1.79. The summed E-state index contributed by atoms with van der Waals surface area (Å²) in [5, 5.41) is 12.5. The molecule has 2 N–H and O–H groups in total. The van der Waals surface area contributed by atoms with E-state index in [2.05, 4.69) is 15.3 Å². The minimum Gasteiger partial charge on any atom is -0.479 e. The number of sulfonamides is 1. The van der Waals surface area contributed by atoms with Crippen molar-refractivity contribution in [2.75, 3.05) is 0 Å². The average molecular weight is 551 g/mol. The van der Waals surface area contributed by atoms with Crippen LogP contribution in [0.25, 0.3) is 0 Å². The van der Waals surface area contributed by atoms with Crippen LogP contribution in [0.1, 0.15) is 33.2 Å². The minimum atomic E-state index is -3.91. The predicted octanol–water partition coefficient (Wildman–Crippen LogP) is 4.08. The van der Waals surface area contributed by atoms with Gasteiger partial charge in [-0.1, -0.05) is 29.8 Å². The van der Waals surface area contributed by atoms with Gasteiger partial charge in [0.15, 0.2) is 6.04 Å². The Morgan fingerprint density at radius 3 is 2.18 bits per heavy atom. The molecule has 0 spiro atoms. The third-order valence-corrected chi connectivity index (χ3v) is 7.71. The Bertz CT molecular complexity index is 1500. The molecule has 0 aliphatic rings. The van der Waals surface area contributed by atoms with Crippen LogP contribution in [0.5, 0.6) is 0 Å². The van der Waals surface area contributed by atoms with E-state index in [0.717, 1.165) is 0 Å². The number of hydrogen-bond donors (Lipinski definition) is 2. The number of pyridine rings is 2. The second-order valence-electron chi connectivity index (χ2n) is 8.27. The third kappa shape index (κ3) is 6.60. The molecular weight excluding hydrogens is 528 g/mol. The van der Waals surface area contributed by atoms with Gasteiger partial charge in [-0.2, -0.15) is 4.31 Å². The molecule has 1 unspecified atom stereocenters. The number of aromatic nitrogens is 2. The molecule has 4 rings (SSSR count). The van der Waals surface area contributed by atoms with Crippen molar-refractivity contribution in [2.45, 2.75) is 24.0 Å². The zero-order valence-corrected chi connectivity index (χ0v) is 21.5. The smallest absolute Gasteiger partial charge is 0.330 e.